The van der Waals surface area contributed by atoms with Crippen molar-refractivity contribution in [1.29, 1.82) is 0 Å². The molecule has 0 saturated heterocycles. The van der Waals surface area contributed by atoms with Gasteiger partial charge < -0.3 is 5.73 Å². The standard InChI is InChI=1S/C15H12ClF3N4/c1-8(20)10-7-9-3-2-4-11(16)13(9)21-14(10)23-6-5-12(22-23)15(17,18)19/h2-8H,20H2,1H3/t8-/m0/s1. The van der Waals surface area contributed by atoms with E-state index in [1.54, 1.807) is 25.1 Å². The molecule has 4 nitrogen and oxygen atoms in total. The molecule has 8 heteroatoms. The van der Waals surface area contributed by atoms with Gasteiger partial charge >= 0.3 is 6.18 Å². The molecule has 2 heterocycles. The molecule has 0 bridgehead atoms. The fourth-order valence-electron chi connectivity index (χ4n) is 2.28. The summed E-state index contributed by atoms with van der Waals surface area (Å²) in [6, 6.07) is 7.48. The van der Waals surface area contributed by atoms with Gasteiger partial charge in [-0.3, -0.25) is 0 Å². The summed E-state index contributed by atoms with van der Waals surface area (Å²) in [4.78, 5) is 4.38. The van der Waals surface area contributed by atoms with E-state index in [9.17, 15) is 13.2 Å². The summed E-state index contributed by atoms with van der Waals surface area (Å²) in [6.45, 7) is 1.73. The van der Waals surface area contributed by atoms with Crippen LogP contribution >= 0.6 is 11.6 Å². The van der Waals surface area contributed by atoms with Gasteiger partial charge in [0.25, 0.3) is 0 Å². The Balaban J connectivity index is 2.24. The van der Waals surface area contributed by atoms with Crippen molar-refractivity contribution in [3.05, 3.63) is 52.8 Å². The maximum Gasteiger partial charge on any atom is 0.435 e. The van der Waals surface area contributed by atoms with Crippen LogP contribution in [-0.4, -0.2) is 14.8 Å². The third kappa shape index (κ3) is 2.89. The Morgan fingerprint density at radius 1 is 1.26 bits per heavy atom. The van der Waals surface area contributed by atoms with Crippen molar-refractivity contribution in [3.63, 3.8) is 0 Å². The van der Waals surface area contributed by atoms with Crippen molar-refractivity contribution in [2.24, 2.45) is 5.73 Å². The zero-order valence-corrected chi connectivity index (χ0v) is 12.7. The Morgan fingerprint density at radius 3 is 2.61 bits per heavy atom. The minimum absolute atomic E-state index is 0.233. The molecule has 0 aliphatic heterocycles. The highest BCUT2D eigenvalue weighted by Gasteiger charge is 2.34. The Bertz CT molecular complexity index is 871. The molecule has 3 rings (SSSR count). The van der Waals surface area contributed by atoms with Crippen LogP contribution in [0.15, 0.2) is 36.5 Å². The highest BCUT2D eigenvalue weighted by Crippen LogP contribution is 2.30. The van der Waals surface area contributed by atoms with Gasteiger partial charge in [0.15, 0.2) is 11.5 Å². The number of nitrogens with zero attached hydrogens (tertiary/aromatic N) is 3. The Kier molecular flexibility index (Phi) is 3.77. The number of para-hydroxylation sites is 1. The average Bonchev–Trinajstić information content (AvgIpc) is 2.96. The molecule has 3 aromatic rings. The molecule has 23 heavy (non-hydrogen) atoms. The molecule has 0 amide bonds. The number of pyridine rings is 1. The molecular weight excluding hydrogens is 329 g/mol. The SMILES string of the molecule is C[C@H](N)c1cc2cccc(Cl)c2nc1-n1ccc(C(F)(F)F)n1. The molecule has 1 atom stereocenters. The third-order valence-corrected chi connectivity index (χ3v) is 3.70. The normalized spacial score (nSPS) is 13.5. The number of halogens is 4. The van der Waals surface area contributed by atoms with Crippen molar-refractivity contribution in [2.45, 2.75) is 19.1 Å². The molecule has 0 radical (unpaired) electrons. The van der Waals surface area contributed by atoms with Crippen LogP contribution in [0.5, 0.6) is 0 Å². The van der Waals surface area contributed by atoms with Crippen molar-refractivity contribution < 1.29 is 13.2 Å². The minimum Gasteiger partial charge on any atom is -0.324 e. The number of aromatic nitrogens is 3. The topological polar surface area (TPSA) is 56.7 Å². The van der Waals surface area contributed by atoms with Gasteiger partial charge in [0.1, 0.15) is 0 Å². The van der Waals surface area contributed by atoms with Crippen LogP contribution in [0.3, 0.4) is 0 Å². The van der Waals surface area contributed by atoms with Gasteiger partial charge in [0.05, 0.1) is 10.5 Å². The minimum atomic E-state index is -4.52. The molecule has 0 aliphatic carbocycles. The quantitative estimate of drug-likeness (QED) is 0.763. The van der Waals surface area contributed by atoms with Gasteiger partial charge in [0.2, 0.25) is 0 Å². The summed E-state index contributed by atoms with van der Waals surface area (Å²) >= 11 is 6.12. The smallest absolute Gasteiger partial charge is 0.324 e. The molecule has 0 aliphatic rings. The molecule has 2 N–H and O–H groups in total. The predicted octanol–water partition coefficient (Wildman–Crippen LogP) is 4.11. The molecule has 0 fully saturated rings. The number of hydrogen-bond donors (Lipinski definition) is 1. The Hall–Kier alpha value is -2.12. The highest BCUT2D eigenvalue weighted by molar-refractivity contribution is 6.35. The summed E-state index contributed by atoms with van der Waals surface area (Å²) in [5.74, 6) is 0.233. The summed E-state index contributed by atoms with van der Waals surface area (Å²) in [6.07, 6.45) is -3.31. The highest BCUT2D eigenvalue weighted by atomic mass is 35.5. The fraction of sp³-hybridized carbons (Fsp3) is 0.200. The van der Waals surface area contributed by atoms with E-state index in [-0.39, 0.29) is 5.82 Å². The van der Waals surface area contributed by atoms with Gasteiger partial charge in [-0.2, -0.15) is 18.3 Å². The van der Waals surface area contributed by atoms with E-state index in [1.807, 2.05) is 6.07 Å². The van der Waals surface area contributed by atoms with E-state index in [1.165, 1.54) is 6.20 Å². The monoisotopic (exact) mass is 340 g/mol. The first-order valence-electron chi connectivity index (χ1n) is 6.75. The zero-order valence-electron chi connectivity index (χ0n) is 12.0. The van der Waals surface area contributed by atoms with Crippen molar-refractivity contribution >= 4 is 22.5 Å². The number of benzene rings is 1. The molecule has 120 valence electrons. The average molecular weight is 341 g/mol. The summed E-state index contributed by atoms with van der Waals surface area (Å²) in [5.41, 5.74) is 6.01. The molecule has 0 saturated carbocycles. The number of alkyl halides is 3. The molecular formula is C15H12ClF3N4. The first-order valence-corrected chi connectivity index (χ1v) is 7.13. The van der Waals surface area contributed by atoms with E-state index in [4.69, 9.17) is 17.3 Å². The molecule has 1 aromatic carbocycles. The molecule has 0 unspecified atom stereocenters. The summed E-state index contributed by atoms with van der Waals surface area (Å²) in [5, 5.41) is 4.73. The lowest BCUT2D eigenvalue weighted by Gasteiger charge is -2.14. The van der Waals surface area contributed by atoms with Gasteiger partial charge in [0, 0.05) is 23.2 Å². The maximum atomic E-state index is 12.8. The first-order chi connectivity index (χ1) is 10.8. The second kappa shape index (κ2) is 5.50. The second-order valence-electron chi connectivity index (χ2n) is 5.14. The van der Waals surface area contributed by atoms with Crippen LogP contribution in [-0.2, 0) is 6.18 Å². The van der Waals surface area contributed by atoms with E-state index in [0.717, 1.165) is 16.1 Å². The van der Waals surface area contributed by atoms with Crippen LogP contribution in [0.1, 0.15) is 24.2 Å². The van der Waals surface area contributed by atoms with Gasteiger partial charge in [-0.1, -0.05) is 23.7 Å². The van der Waals surface area contributed by atoms with Crippen LogP contribution < -0.4 is 5.73 Å². The zero-order chi connectivity index (χ0) is 16.8. The maximum absolute atomic E-state index is 12.8. The molecule has 2 aromatic heterocycles. The lowest BCUT2D eigenvalue weighted by Crippen LogP contribution is -2.13. The van der Waals surface area contributed by atoms with Gasteiger partial charge in [-0.25, -0.2) is 9.67 Å². The van der Waals surface area contributed by atoms with Gasteiger partial charge in [-0.15, -0.1) is 0 Å². The lowest BCUT2D eigenvalue weighted by molar-refractivity contribution is -0.141. The van der Waals surface area contributed by atoms with Crippen LogP contribution in [0.2, 0.25) is 5.02 Å². The Labute approximate surface area is 134 Å². The van der Waals surface area contributed by atoms with Crippen LogP contribution in [0.4, 0.5) is 13.2 Å². The van der Waals surface area contributed by atoms with E-state index in [0.29, 0.717) is 16.1 Å². The summed E-state index contributed by atoms with van der Waals surface area (Å²) < 4.78 is 39.3. The molecule has 0 spiro atoms. The largest absolute Gasteiger partial charge is 0.435 e. The van der Waals surface area contributed by atoms with Crippen molar-refractivity contribution in [3.8, 4) is 5.82 Å². The predicted molar refractivity (Wildman–Crippen MR) is 81.5 cm³/mol. The van der Waals surface area contributed by atoms with E-state index < -0.39 is 17.9 Å². The summed E-state index contributed by atoms with van der Waals surface area (Å²) in [7, 11) is 0. The van der Waals surface area contributed by atoms with Crippen LogP contribution in [0.25, 0.3) is 16.7 Å². The third-order valence-electron chi connectivity index (χ3n) is 3.39. The van der Waals surface area contributed by atoms with Crippen LogP contribution in [0, 0.1) is 0 Å². The lowest BCUT2D eigenvalue weighted by atomic mass is 10.1. The number of nitrogens with two attached hydrogens (primary N) is 1. The van der Waals surface area contributed by atoms with Gasteiger partial charge in [-0.05, 0) is 25.1 Å². The Morgan fingerprint density at radius 2 is 2.00 bits per heavy atom. The van der Waals surface area contributed by atoms with E-state index in [2.05, 4.69) is 10.1 Å². The second-order valence-corrected chi connectivity index (χ2v) is 5.55. The van der Waals surface area contributed by atoms with Crippen molar-refractivity contribution in [2.75, 3.05) is 0 Å². The fourth-order valence-corrected chi connectivity index (χ4v) is 2.50. The van der Waals surface area contributed by atoms with Crippen molar-refractivity contribution in [1.82, 2.24) is 14.8 Å². The number of hydrogen-bond acceptors (Lipinski definition) is 3. The number of fused-ring (bicyclic) bond motifs is 1. The van der Waals surface area contributed by atoms with E-state index >= 15 is 0 Å². The number of rotatable bonds is 2. The first kappa shape index (κ1) is 15.8.